The summed E-state index contributed by atoms with van der Waals surface area (Å²) in [7, 11) is 0. The summed E-state index contributed by atoms with van der Waals surface area (Å²) >= 11 is 0. The average Bonchev–Trinajstić information content (AvgIpc) is 2.92. The highest BCUT2D eigenvalue weighted by atomic mass is 16.5. The van der Waals surface area contributed by atoms with Gasteiger partial charge >= 0.3 is 11.9 Å². The summed E-state index contributed by atoms with van der Waals surface area (Å²) in [6.45, 7) is 7.12. The first kappa shape index (κ1) is 36.9. The van der Waals surface area contributed by atoms with Crippen LogP contribution in [0.25, 0.3) is 0 Å². The lowest BCUT2D eigenvalue weighted by molar-refractivity contribution is -0.149. The molecule has 0 saturated carbocycles. The Kier molecular flexibility index (Phi) is 29.6. The van der Waals surface area contributed by atoms with Crippen LogP contribution in [-0.2, 0) is 19.1 Å². The molecule has 0 spiro atoms. The normalized spacial score (nSPS) is 12.0. The molecule has 226 valence electrons. The van der Waals surface area contributed by atoms with Crippen molar-refractivity contribution in [2.75, 3.05) is 6.61 Å². The number of esters is 2. The lowest BCUT2D eigenvalue weighted by atomic mass is 10.0. The summed E-state index contributed by atoms with van der Waals surface area (Å²) in [5.74, 6) is -0.0727. The van der Waals surface area contributed by atoms with Crippen LogP contribution in [0.3, 0.4) is 0 Å². The molecule has 0 bridgehead atoms. The Balaban J connectivity index is 3.31. The number of ether oxygens (including phenoxy) is 2. The Hall–Kier alpha value is -1.06. The third-order valence-corrected chi connectivity index (χ3v) is 7.66. The van der Waals surface area contributed by atoms with E-state index in [1.165, 1.54) is 89.9 Å². The zero-order chi connectivity index (χ0) is 27.9. The lowest BCUT2D eigenvalue weighted by Crippen LogP contribution is -2.17. The van der Waals surface area contributed by atoms with E-state index < -0.39 is 0 Å². The van der Waals surface area contributed by atoms with Crippen molar-refractivity contribution in [3.8, 4) is 0 Å². The smallest absolute Gasteiger partial charge is 0.306 e. The first-order chi connectivity index (χ1) is 18.6. The number of carbonyl (C=O) groups excluding carboxylic acids is 2. The van der Waals surface area contributed by atoms with Crippen molar-refractivity contribution in [2.24, 2.45) is 0 Å². The van der Waals surface area contributed by atoms with E-state index in [1.54, 1.807) is 0 Å². The Morgan fingerprint density at radius 3 is 1.32 bits per heavy atom. The summed E-state index contributed by atoms with van der Waals surface area (Å²) in [6, 6.07) is 0. The van der Waals surface area contributed by atoms with Crippen molar-refractivity contribution in [1.82, 2.24) is 0 Å². The zero-order valence-electron chi connectivity index (χ0n) is 26.0. The Morgan fingerprint density at radius 1 is 0.474 bits per heavy atom. The molecule has 4 nitrogen and oxygen atoms in total. The van der Waals surface area contributed by atoms with Crippen LogP contribution in [0.15, 0.2) is 0 Å². The summed E-state index contributed by atoms with van der Waals surface area (Å²) in [5.41, 5.74) is 0. The molecule has 0 fully saturated rings. The summed E-state index contributed by atoms with van der Waals surface area (Å²) in [4.78, 5) is 23.9. The Morgan fingerprint density at radius 2 is 0.868 bits per heavy atom. The maximum Gasteiger partial charge on any atom is 0.306 e. The molecule has 0 aliphatic carbocycles. The molecule has 4 heteroatoms. The van der Waals surface area contributed by atoms with E-state index in [4.69, 9.17) is 9.47 Å². The highest BCUT2D eigenvalue weighted by Gasteiger charge is 2.11. The highest BCUT2D eigenvalue weighted by Crippen LogP contribution is 2.15. The van der Waals surface area contributed by atoms with E-state index in [0.29, 0.717) is 19.4 Å². The first-order valence-electron chi connectivity index (χ1n) is 17.0. The maximum absolute atomic E-state index is 12.0. The Bertz CT molecular complexity index is 505. The zero-order valence-corrected chi connectivity index (χ0v) is 26.0. The molecule has 1 atom stereocenters. The van der Waals surface area contributed by atoms with E-state index in [9.17, 15) is 9.59 Å². The molecule has 0 amide bonds. The van der Waals surface area contributed by atoms with Crippen molar-refractivity contribution in [1.29, 1.82) is 0 Å². The standard InChI is InChI=1S/C34H66O4/c1-4-7-9-10-11-12-13-14-15-16-17-18-21-24-27-31-37-33(35)29-25-22-19-20-23-26-30-34(36)38-32(6-3)28-8-5-2/h32H,4-31H2,1-3H3. The van der Waals surface area contributed by atoms with Crippen LogP contribution in [0.4, 0.5) is 0 Å². The van der Waals surface area contributed by atoms with E-state index in [1.807, 2.05) is 0 Å². The second-order valence-electron chi connectivity index (χ2n) is 11.5. The number of rotatable bonds is 30. The second kappa shape index (κ2) is 30.5. The SMILES string of the molecule is CCCCCCCCCCCCCCCCCOC(=O)CCCCCCCCC(=O)OC(CC)CCCC. The van der Waals surface area contributed by atoms with E-state index in [2.05, 4.69) is 20.8 Å². The van der Waals surface area contributed by atoms with Gasteiger partial charge in [0.25, 0.3) is 0 Å². The van der Waals surface area contributed by atoms with Crippen LogP contribution >= 0.6 is 0 Å². The van der Waals surface area contributed by atoms with Gasteiger partial charge < -0.3 is 9.47 Å². The number of hydrogen-bond donors (Lipinski definition) is 0. The van der Waals surface area contributed by atoms with Crippen LogP contribution in [0.5, 0.6) is 0 Å². The molecular formula is C34H66O4. The molecule has 0 aromatic carbocycles. The highest BCUT2D eigenvalue weighted by molar-refractivity contribution is 5.69. The molecule has 0 aromatic heterocycles. The van der Waals surface area contributed by atoms with E-state index in [0.717, 1.165) is 70.6 Å². The molecule has 38 heavy (non-hydrogen) atoms. The van der Waals surface area contributed by atoms with Gasteiger partial charge in [-0.2, -0.15) is 0 Å². The first-order valence-corrected chi connectivity index (χ1v) is 17.0. The van der Waals surface area contributed by atoms with Crippen molar-refractivity contribution in [3.05, 3.63) is 0 Å². The van der Waals surface area contributed by atoms with Crippen LogP contribution in [0.1, 0.15) is 194 Å². The molecule has 0 heterocycles. The van der Waals surface area contributed by atoms with Gasteiger partial charge in [0.05, 0.1) is 6.61 Å². The van der Waals surface area contributed by atoms with Gasteiger partial charge in [0.15, 0.2) is 0 Å². The van der Waals surface area contributed by atoms with E-state index >= 15 is 0 Å². The summed E-state index contributed by atoms with van der Waals surface area (Å²) < 4.78 is 11.0. The van der Waals surface area contributed by atoms with E-state index in [-0.39, 0.29) is 18.0 Å². The third-order valence-electron chi connectivity index (χ3n) is 7.66. The number of carbonyl (C=O) groups is 2. The van der Waals surface area contributed by atoms with Gasteiger partial charge in [0.2, 0.25) is 0 Å². The number of unbranched alkanes of at least 4 members (excludes halogenated alkanes) is 20. The van der Waals surface area contributed by atoms with Gasteiger partial charge in [0.1, 0.15) is 6.10 Å². The molecule has 0 saturated heterocycles. The van der Waals surface area contributed by atoms with Gasteiger partial charge in [-0.25, -0.2) is 0 Å². The van der Waals surface area contributed by atoms with Crippen LogP contribution < -0.4 is 0 Å². The van der Waals surface area contributed by atoms with Crippen LogP contribution in [-0.4, -0.2) is 24.6 Å². The maximum atomic E-state index is 12.0. The van der Waals surface area contributed by atoms with Crippen LogP contribution in [0, 0.1) is 0 Å². The van der Waals surface area contributed by atoms with Gasteiger partial charge in [-0.1, -0.05) is 149 Å². The monoisotopic (exact) mass is 538 g/mol. The van der Waals surface area contributed by atoms with Gasteiger partial charge in [-0.3, -0.25) is 9.59 Å². The largest absolute Gasteiger partial charge is 0.466 e. The lowest BCUT2D eigenvalue weighted by Gasteiger charge is -2.15. The summed E-state index contributed by atoms with van der Waals surface area (Å²) in [5, 5.41) is 0. The molecule has 1 unspecified atom stereocenters. The van der Waals surface area contributed by atoms with Gasteiger partial charge in [-0.05, 0) is 32.1 Å². The molecule has 0 radical (unpaired) electrons. The van der Waals surface area contributed by atoms with Crippen molar-refractivity contribution in [3.63, 3.8) is 0 Å². The Labute approximate surface area is 237 Å². The molecule has 0 aliphatic heterocycles. The van der Waals surface area contributed by atoms with Gasteiger partial charge in [0, 0.05) is 12.8 Å². The fourth-order valence-corrected chi connectivity index (χ4v) is 5.00. The minimum absolute atomic E-state index is 0.0355. The minimum Gasteiger partial charge on any atom is -0.466 e. The molecule has 0 aliphatic rings. The topological polar surface area (TPSA) is 52.6 Å². The van der Waals surface area contributed by atoms with Gasteiger partial charge in [-0.15, -0.1) is 0 Å². The predicted molar refractivity (Wildman–Crippen MR) is 163 cm³/mol. The fraction of sp³-hybridized carbons (Fsp3) is 0.941. The number of hydrogen-bond acceptors (Lipinski definition) is 4. The predicted octanol–water partition coefficient (Wildman–Crippen LogP) is 11.0. The molecule has 0 aromatic rings. The third kappa shape index (κ3) is 28.0. The van der Waals surface area contributed by atoms with Crippen molar-refractivity contribution < 1.29 is 19.1 Å². The molecular weight excluding hydrogens is 472 g/mol. The minimum atomic E-state index is -0.0372. The molecule has 0 N–H and O–H groups in total. The van der Waals surface area contributed by atoms with Crippen LogP contribution in [0.2, 0.25) is 0 Å². The summed E-state index contributed by atoms with van der Waals surface area (Å²) in [6.07, 6.45) is 31.8. The second-order valence-corrected chi connectivity index (χ2v) is 11.5. The average molecular weight is 539 g/mol. The van der Waals surface area contributed by atoms with Crippen molar-refractivity contribution >= 4 is 11.9 Å². The molecule has 0 rings (SSSR count). The van der Waals surface area contributed by atoms with Crippen molar-refractivity contribution in [2.45, 2.75) is 200 Å². The fourth-order valence-electron chi connectivity index (χ4n) is 5.00. The quantitative estimate of drug-likeness (QED) is 0.0674.